The summed E-state index contributed by atoms with van der Waals surface area (Å²) in [4.78, 5) is 23.2. The van der Waals surface area contributed by atoms with Gasteiger partial charge in [-0.3, -0.25) is 0 Å². The average molecular weight is 280 g/mol. The van der Waals surface area contributed by atoms with Gasteiger partial charge in [0.1, 0.15) is 0 Å². The van der Waals surface area contributed by atoms with E-state index in [-0.39, 0.29) is 12.2 Å². The summed E-state index contributed by atoms with van der Waals surface area (Å²) in [7, 11) is 0. The number of hydrogen-bond donors (Lipinski definition) is 0. The maximum atomic E-state index is 11.6. The molecule has 1 aromatic carbocycles. The van der Waals surface area contributed by atoms with Gasteiger partial charge in [0, 0.05) is 0 Å². The maximum absolute atomic E-state index is 11.6. The van der Waals surface area contributed by atoms with Gasteiger partial charge in [-0.15, -0.1) is 0 Å². The molecule has 4 nitrogen and oxygen atoms in total. The summed E-state index contributed by atoms with van der Waals surface area (Å²) in [6, 6.07) is 6.23. The Kier molecular flexibility index (Phi) is 8.29. The number of rotatable bonds is 4. The number of ether oxygens (including phenoxy) is 2. The predicted molar refractivity (Wildman–Crippen MR) is 78.9 cm³/mol. The van der Waals surface area contributed by atoms with E-state index >= 15 is 0 Å². The van der Waals surface area contributed by atoms with E-state index in [2.05, 4.69) is 0 Å². The van der Waals surface area contributed by atoms with Gasteiger partial charge in [0.15, 0.2) is 0 Å². The van der Waals surface area contributed by atoms with Gasteiger partial charge in [-0.2, -0.15) is 0 Å². The van der Waals surface area contributed by atoms with Crippen molar-refractivity contribution in [1.82, 2.24) is 0 Å². The van der Waals surface area contributed by atoms with Crippen molar-refractivity contribution in [3.63, 3.8) is 0 Å². The summed E-state index contributed by atoms with van der Waals surface area (Å²) in [5.74, 6) is -0.789. The Balaban J connectivity index is 0.00000172. The van der Waals surface area contributed by atoms with Crippen LogP contribution in [0.1, 0.15) is 62.3 Å². The molecular formula is C16H24O4. The van der Waals surface area contributed by atoms with E-state index in [1.165, 1.54) is 0 Å². The topological polar surface area (TPSA) is 52.6 Å². The van der Waals surface area contributed by atoms with E-state index < -0.39 is 11.9 Å². The van der Waals surface area contributed by atoms with Crippen molar-refractivity contribution in [1.29, 1.82) is 0 Å². The largest absolute Gasteiger partial charge is 0.459 e. The molecule has 0 amide bonds. The number of esters is 2. The molecule has 0 atom stereocenters. The van der Waals surface area contributed by atoms with Crippen molar-refractivity contribution in [3.8, 4) is 0 Å². The number of benzene rings is 1. The van der Waals surface area contributed by atoms with E-state index in [0.29, 0.717) is 11.1 Å². The summed E-state index contributed by atoms with van der Waals surface area (Å²) in [6.45, 7) is 11.1. The Morgan fingerprint density at radius 1 is 0.750 bits per heavy atom. The smallest absolute Gasteiger partial charge is 0.338 e. The second-order valence-electron chi connectivity index (χ2n) is 4.49. The van der Waals surface area contributed by atoms with Gasteiger partial charge in [0.05, 0.1) is 23.3 Å². The molecule has 0 bridgehead atoms. The molecule has 20 heavy (non-hydrogen) atoms. The molecular weight excluding hydrogens is 256 g/mol. The van der Waals surface area contributed by atoms with Crippen LogP contribution in [0.4, 0.5) is 0 Å². The zero-order valence-electron chi connectivity index (χ0n) is 13.1. The summed E-state index contributed by atoms with van der Waals surface area (Å²) in [6.07, 6.45) is -0.328. The third kappa shape index (κ3) is 6.36. The summed E-state index contributed by atoms with van der Waals surface area (Å²) < 4.78 is 10.1. The predicted octanol–water partition coefficient (Wildman–Crippen LogP) is 3.84. The minimum atomic E-state index is -0.395. The molecule has 0 fully saturated rings. The first-order chi connectivity index (χ1) is 9.40. The zero-order valence-corrected chi connectivity index (χ0v) is 13.1. The lowest BCUT2D eigenvalue weighted by atomic mass is 10.1. The highest BCUT2D eigenvalue weighted by Crippen LogP contribution is 2.09. The first kappa shape index (κ1) is 18.2. The molecule has 0 aromatic heterocycles. The molecule has 0 saturated carbocycles. The summed E-state index contributed by atoms with van der Waals surface area (Å²) in [5, 5.41) is 0. The van der Waals surface area contributed by atoms with E-state index in [0.717, 1.165) is 0 Å². The van der Waals surface area contributed by atoms with Gasteiger partial charge >= 0.3 is 11.9 Å². The van der Waals surface area contributed by atoms with Gasteiger partial charge in [0.25, 0.3) is 0 Å². The van der Waals surface area contributed by atoms with Crippen LogP contribution in [0.3, 0.4) is 0 Å². The molecule has 0 unspecified atom stereocenters. The van der Waals surface area contributed by atoms with Crippen LogP contribution in [0.2, 0.25) is 0 Å². The van der Waals surface area contributed by atoms with Gasteiger partial charge in [-0.05, 0) is 52.0 Å². The monoisotopic (exact) mass is 280 g/mol. The van der Waals surface area contributed by atoms with Gasteiger partial charge in [-0.1, -0.05) is 13.8 Å². The molecule has 0 N–H and O–H groups in total. The zero-order chi connectivity index (χ0) is 15.7. The fourth-order valence-electron chi connectivity index (χ4n) is 1.31. The van der Waals surface area contributed by atoms with Crippen LogP contribution < -0.4 is 0 Å². The normalized spacial score (nSPS) is 9.80. The van der Waals surface area contributed by atoms with Crippen molar-refractivity contribution in [3.05, 3.63) is 35.4 Å². The van der Waals surface area contributed by atoms with Crippen molar-refractivity contribution < 1.29 is 19.1 Å². The Bertz CT molecular complexity index is 378. The average Bonchev–Trinajstić information content (AvgIpc) is 2.39. The first-order valence-corrected chi connectivity index (χ1v) is 6.92. The fourth-order valence-corrected chi connectivity index (χ4v) is 1.31. The molecule has 0 aliphatic rings. The third-order valence-electron chi connectivity index (χ3n) is 2.04. The van der Waals surface area contributed by atoms with Crippen LogP contribution in [0.25, 0.3) is 0 Å². The minimum Gasteiger partial charge on any atom is -0.459 e. The van der Waals surface area contributed by atoms with Gasteiger partial charge < -0.3 is 9.47 Å². The molecule has 4 heteroatoms. The third-order valence-corrected chi connectivity index (χ3v) is 2.04. The van der Waals surface area contributed by atoms with Gasteiger partial charge in [-0.25, -0.2) is 9.59 Å². The first-order valence-electron chi connectivity index (χ1n) is 6.92. The summed E-state index contributed by atoms with van der Waals surface area (Å²) >= 11 is 0. The lowest BCUT2D eigenvalue weighted by Crippen LogP contribution is -2.13. The molecule has 1 rings (SSSR count). The second kappa shape index (κ2) is 9.13. The Morgan fingerprint density at radius 3 is 1.20 bits per heavy atom. The molecule has 0 spiro atoms. The van der Waals surface area contributed by atoms with Crippen molar-refractivity contribution in [2.45, 2.75) is 53.8 Å². The fraction of sp³-hybridized carbons (Fsp3) is 0.500. The highest BCUT2D eigenvalue weighted by atomic mass is 16.5. The number of hydrogen-bond acceptors (Lipinski definition) is 4. The van der Waals surface area contributed by atoms with Crippen molar-refractivity contribution >= 4 is 11.9 Å². The highest BCUT2D eigenvalue weighted by molar-refractivity contribution is 5.93. The van der Waals surface area contributed by atoms with Crippen LogP contribution in [0, 0.1) is 0 Å². The van der Waals surface area contributed by atoms with Crippen molar-refractivity contribution in [2.75, 3.05) is 0 Å². The van der Waals surface area contributed by atoms with E-state index in [1.54, 1.807) is 52.0 Å². The van der Waals surface area contributed by atoms with E-state index in [1.807, 2.05) is 13.8 Å². The lowest BCUT2D eigenvalue weighted by Gasteiger charge is -2.09. The molecule has 0 heterocycles. The second-order valence-corrected chi connectivity index (χ2v) is 4.49. The molecule has 0 aliphatic carbocycles. The number of carbonyl (C=O) groups is 2. The highest BCUT2D eigenvalue weighted by Gasteiger charge is 2.12. The Hall–Kier alpha value is -1.84. The van der Waals surface area contributed by atoms with Crippen LogP contribution in [-0.2, 0) is 9.47 Å². The van der Waals surface area contributed by atoms with E-state index in [4.69, 9.17) is 9.47 Å². The van der Waals surface area contributed by atoms with E-state index in [9.17, 15) is 9.59 Å². The summed E-state index contributed by atoms with van der Waals surface area (Å²) in [5.41, 5.74) is 0.842. The van der Waals surface area contributed by atoms with Gasteiger partial charge in [0.2, 0.25) is 0 Å². The standard InChI is InChI=1S/C14H18O4.C2H6/c1-9(2)17-13(15)11-5-7-12(8-6-11)14(16)18-10(3)4;1-2/h5-10H,1-4H3;1-2H3. The molecule has 0 saturated heterocycles. The Morgan fingerprint density at radius 2 is 1.00 bits per heavy atom. The quantitative estimate of drug-likeness (QED) is 0.786. The van der Waals surface area contributed by atoms with Crippen LogP contribution in [-0.4, -0.2) is 24.1 Å². The Labute approximate surface area is 121 Å². The maximum Gasteiger partial charge on any atom is 0.338 e. The SMILES string of the molecule is CC.CC(C)OC(=O)c1ccc(C(=O)OC(C)C)cc1. The van der Waals surface area contributed by atoms with Crippen LogP contribution in [0.5, 0.6) is 0 Å². The number of carbonyl (C=O) groups excluding carboxylic acids is 2. The van der Waals surface area contributed by atoms with Crippen LogP contribution in [0.15, 0.2) is 24.3 Å². The van der Waals surface area contributed by atoms with Crippen molar-refractivity contribution in [2.24, 2.45) is 0 Å². The molecule has 1 aromatic rings. The minimum absolute atomic E-state index is 0.164. The lowest BCUT2D eigenvalue weighted by molar-refractivity contribution is 0.0361. The molecule has 0 aliphatic heterocycles. The van der Waals surface area contributed by atoms with Crippen LogP contribution >= 0.6 is 0 Å². The molecule has 112 valence electrons. The molecule has 0 radical (unpaired) electrons.